The van der Waals surface area contributed by atoms with Crippen molar-refractivity contribution in [2.24, 2.45) is 5.92 Å². The molecule has 2 unspecified atom stereocenters. The molecule has 0 spiro atoms. The summed E-state index contributed by atoms with van der Waals surface area (Å²) in [5.74, 6) is 0.536. The van der Waals surface area contributed by atoms with Crippen LogP contribution in [0.15, 0.2) is 18.2 Å². The zero-order valence-electron chi connectivity index (χ0n) is 11.7. The first kappa shape index (κ1) is 14.3. The van der Waals surface area contributed by atoms with Gasteiger partial charge in [0.1, 0.15) is 5.82 Å². The van der Waals surface area contributed by atoms with Crippen molar-refractivity contribution in [3.63, 3.8) is 0 Å². The molecule has 110 valence electrons. The Labute approximate surface area is 125 Å². The van der Waals surface area contributed by atoms with E-state index >= 15 is 0 Å². The van der Waals surface area contributed by atoms with E-state index in [1.807, 2.05) is 0 Å². The molecule has 20 heavy (non-hydrogen) atoms. The van der Waals surface area contributed by atoms with Crippen LogP contribution < -0.4 is 5.32 Å². The molecule has 1 aromatic carbocycles. The minimum atomic E-state index is -0.199. The Morgan fingerprint density at radius 3 is 3.00 bits per heavy atom. The van der Waals surface area contributed by atoms with E-state index in [1.54, 1.807) is 12.1 Å². The van der Waals surface area contributed by atoms with E-state index in [1.165, 1.54) is 31.7 Å². The molecule has 0 amide bonds. The molecule has 3 rings (SSSR count). The molecule has 2 atom stereocenters. The highest BCUT2D eigenvalue weighted by atomic mass is 35.5. The number of nitrogens with zero attached hydrogens (tertiary/aromatic N) is 1. The first-order chi connectivity index (χ1) is 9.72. The average molecular weight is 297 g/mol. The van der Waals surface area contributed by atoms with Gasteiger partial charge in [0.2, 0.25) is 0 Å². The van der Waals surface area contributed by atoms with Crippen LogP contribution in [-0.2, 0) is 6.54 Å². The number of piperidine rings is 1. The quantitative estimate of drug-likeness (QED) is 0.919. The lowest BCUT2D eigenvalue weighted by molar-refractivity contribution is 0.145. The van der Waals surface area contributed by atoms with Crippen molar-refractivity contribution in [1.29, 1.82) is 0 Å². The molecule has 1 N–H and O–H groups in total. The third-order valence-electron chi connectivity index (χ3n) is 4.61. The van der Waals surface area contributed by atoms with Crippen LogP contribution >= 0.6 is 11.6 Å². The molecule has 0 bridgehead atoms. The molecule has 0 aromatic heterocycles. The van der Waals surface area contributed by atoms with E-state index in [0.29, 0.717) is 11.1 Å². The van der Waals surface area contributed by atoms with Gasteiger partial charge in [0.05, 0.1) is 0 Å². The molecular formula is C16H22ClFN2. The van der Waals surface area contributed by atoms with Crippen LogP contribution in [0, 0.1) is 11.7 Å². The van der Waals surface area contributed by atoms with Crippen molar-refractivity contribution in [3.8, 4) is 0 Å². The molecule has 2 heterocycles. The van der Waals surface area contributed by atoms with Crippen molar-refractivity contribution in [1.82, 2.24) is 10.2 Å². The molecule has 4 heteroatoms. The fraction of sp³-hybridized carbons (Fsp3) is 0.625. The Kier molecular flexibility index (Phi) is 4.59. The van der Waals surface area contributed by atoms with Crippen LogP contribution in [0.1, 0.15) is 31.2 Å². The number of rotatable bonds is 3. The van der Waals surface area contributed by atoms with Crippen molar-refractivity contribution in [3.05, 3.63) is 34.6 Å². The highest BCUT2D eigenvalue weighted by Crippen LogP contribution is 2.27. The van der Waals surface area contributed by atoms with Gasteiger partial charge >= 0.3 is 0 Å². The van der Waals surface area contributed by atoms with Crippen LogP contribution in [0.25, 0.3) is 0 Å². The van der Waals surface area contributed by atoms with E-state index in [2.05, 4.69) is 10.2 Å². The van der Waals surface area contributed by atoms with Gasteiger partial charge in [-0.15, -0.1) is 0 Å². The van der Waals surface area contributed by atoms with Crippen molar-refractivity contribution >= 4 is 11.6 Å². The van der Waals surface area contributed by atoms with Gasteiger partial charge in [0.15, 0.2) is 0 Å². The first-order valence-corrected chi connectivity index (χ1v) is 8.00. The number of hydrogen-bond donors (Lipinski definition) is 1. The highest BCUT2D eigenvalue weighted by molar-refractivity contribution is 6.31. The van der Waals surface area contributed by atoms with Gasteiger partial charge in [0, 0.05) is 24.2 Å². The highest BCUT2D eigenvalue weighted by Gasteiger charge is 2.29. The Hall–Kier alpha value is -0.640. The van der Waals surface area contributed by atoms with Crippen LogP contribution in [0.4, 0.5) is 4.39 Å². The number of nitrogens with one attached hydrogen (secondary N) is 1. The van der Waals surface area contributed by atoms with Crippen LogP contribution in [0.3, 0.4) is 0 Å². The lowest BCUT2D eigenvalue weighted by atomic mass is 9.89. The SMILES string of the molecule is Fc1ccc(Cl)c(CN2CCCC(C3CCCN3)C2)c1. The lowest BCUT2D eigenvalue weighted by Crippen LogP contribution is -2.43. The Morgan fingerprint density at radius 2 is 2.20 bits per heavy atom. The summed E-state index contributed by atoms with van der Waals surface area (Å²) in [6.07, 6.45) is 5.15. The third-order valence-corrected chi connectivity index (χ3v) is 4.98. The number of likely N-dealkylation sites (tertiary alicyclic amines) is 1. The second-order valence-electron chi connectivity index (χ2n) is 6.08. The molecule has 0 aliphatic carbocycles. The minimum absolute atomic E-state index is 0.199. The monoisotopic (exact) mass is 296 g/mol. The maximum atomic E-state index is 13.3. The predicted octanol–water partition coefficient (Wildman–Crippen LogP) is 3.44. The summed E-state index contributed by atoms with van der Waals surface area (Å²) in [6.45, 7) is 4.12. The molecule has 2 aliphatic heterocycles. The number of benzene rings is 1. The third kappa shape index (κ3) is 3.33. The van der Waals surface area contributed by atoms with Crippen molar-refractivity contribution in [2.45, 2.75) is 38.3 Å². The molecule has 2 aliphatic rings. The normalized spacial score (nSPS) is 27.9. The summed E-state index contributed by atoms with van der Waals surface area (Å²) >= 11 is 6.17. The fourth-order valence-corrected chi connectivity index (χ4v) is 3.76. The summed E-state index contributed by atoms with van der Waals surface area (Å²) in [5.41, 5.74) is 0.909. The molecule has 2 nitrogen and oxygen atoms in total. The van der Waals surface area contributed by atoms with E-state index in [9.17, 15) is 4.39 Å². The van der Waals surface area contributed by atoms with E-state index in [0.717, 1.165) is 37.7 Å². The second kappa shape index (κ2) is 6.42. The van der Waals surface area contributed by atoms with E-state index in [4.69, 9.17) is 11.6 Å². The second-order valence-corrected chi connectivity index (χ2v) is 6.48. The van der Waals surface area contributed by atoms with E-state index < -0.39 is 0 Å². The first-order valence-electron chi connectivity index (χ1n) is 7.62. The van der Waals surface area contributed by atoms with Crippen molar-refractivity contribution in [2.75, 3.05) is 19.6 Å². The van der Waals surface area contributed by atoms with Gasteiger partial charge < -0.3 is 5.32 Å². The Balaban J connectivity index is 1.63. The van der Waals surface area contributed by atoms with Crippen LogP contribution in [0.2, 0.25) is 5.02 Å². The van der Waals surface area contributed by atoms with Gasteiger partial charge in [-0.05, 0) is 68.5 Å². The smallest absolute Gasteiger partial charge is 0.123 e. The summed E-state index contributed by atoms with van der Waals surface area (Å²) in [6, 6.07) is 5.33. The van der Waals surface area contributed by atoms with Crippen LogP contribution in [0.5, 0.6) is 0 Å². The largest absolute Gasteiger partial charge is 0.314 e. The van der Waals surface area contributed by atoms with Crippen LogP contribution in [-0.4, -0.2) is 30.6 Å². The topological polar surface area (TPSA) is 15.3 Å². The molecule has 0 radical (unpaired) electrons. The van der Waals surface area contributed by atoms with Gasteiger partial charge in [-0.2, -0.15) is 0 Å². The predicted molar refractivity (Wildman–Crippen MR) is 80.4 cm³/mol. The Bertz CT molecular complexity index is 460. The number of halogens is 2. The molecular weight excluding hydrogens is 275 g/mol. The zero-order valence-corrected chi connectivity index (χ0v) is 12.5. The summed E-state index contributed by atoms with van der Waals surface area (Å²) in [7, 11) is 0. The Morgan fingerprint density at radius 1 is 1.30 bits per heavy atom. The summed E-state index contributed by atoms with van der Waals surface area (Å²) in [4.78, 5) is 2.43. The molecule has 2 fully saturated rings. The van der Waals surface area contributed by atoms with Gasteiger partial charge in [-0.1, -0.05) is 11.6 Å². The lowest BCUT2D eigenvalue weighted by Gasteiger charge is -2.36. The standard InChI is InChI=1S/C16H22ClFN2/c17-15-6-5-14(18)9-13(15)11-20-8-2-3-12(10-20)16-4-1-7-19-16/h5-6,9,12,16,19H,1-4,7-8,10-11H2. The maximum absolute atomic E-state index is 13.3. The molecule has 1 aromatic rings. The summed E-state index contributed by atoms with van der Waals surface area (Å²) < 4.78 is 13.3. The van der Waals surface area contributed by atoms with Gasteiger partial charge in [-0.3, -0.25) is 4.90 Å². The van der Waals surface area contributed by atoms with E-state index in [-0.39, 0.29) is 5.82 Å². The summed E-state index contributed by atoms with van der Waals surface area (Å²) in [5, 5.41) is 4.29. The maximum Gasteiger partial charge on any atom is 0.123 e. The van der Waals surface area contributed by atoms with Crippen molar-refractivity contribution < 1.29 is 4.39 Å². The number of hydrogen-bond acceptors (Lipinski definition) is 2. The van der Waals surface area contributed by atoms with Gasteiger partial charge in [-0.25, -0.2) is 4.39 Å². The zero-order chi connectivity index (χ0) is 13.9. The average Bonchev–Trinajstić information content (AvgIpc) is 2.97. The van der Waals surface area contributed by atoms with Gasteiger partial charge in [0.25, 0.3) is 0 Å². The fourth-order valence-electron chi connectivity index (χ4n) is 3.58. The minimum Gasteiger partial charge on any atom is -0.314 e. The molecule has 0 saturated carbocycles. The molecule has 2 saturated heterocycles.